The number of amides is 1. The van der Waals surface area contributed by atoms with Gasteiger partial charge in [-0.15, -0.1) is 0 Å². The lowest BCUT2D eigenvalue weighted by Gasteiger charge is -2.33. The number of ether oxygens (including phenoxy) is 1. The van der Waals surface area contributed by atoms with Crippen LogP contribution in [0, 0.1) is 0 Å². The molecule has 0 radical (unpaired) electrons. The Labute approximate surface area is 96.5 Å². The Balaban J connectivity index is 1.81. The second-order valence-electron chi connectivity index (χ2n) is 4.60. The number of carbonyl (C=O) groups is 1. The summed E-state index contributed by atoms with van der Waals surface area (Å²) in [5, 5.41) is 6.37. The summed E-state index contributed by atoms with van der Waals surface area (Å²) in [6.07, 6.45) is 1.88. The SMILES string of the molecule is CN1CCNCC1C(=O)NC1CCOCC1. The zero-order valence-electron chi connectivity index (χ0n) is 9.87. The molecule has 0 bridgehead atoms. The summed E-state index contributed by atoms with van der Waals surface area (Å²) in [6.45, 7) is 4.20. The van der Waals surface area contributed by atoms with E-state index in [1.54, 1.807) is 0 Å². The quantitative estimate of drug-likeness (QED) is 0.647. The van der Waals surface area contributed by atoms with Crippen LogP contribution in [0.1, 0.15) is 12.8 Å². The fraction of sp³-hybridized carbons (Fsp3) is 0.909. The van der Waals surface area contributed by atoms with Gasteiger partial charge in [0.15, 0.2) is 0 Å². The van der Waals surface area contributed by atoms with Gasteiger partial charge in [-0.05, 0) is 19.9 Å². The van der Waals surface area contributed by atoms with Crippen molar-refractivity contribution in [2.75, 3.05) is 39.9 Å². The number of hydrogen-bond acceptors (Lipinski definition) is 4. The maximum absolute atomic E-state index is 12.0. The van der Waals surface area contributed by atoms with Crippen molar-refractivity contribution in [3.05, 3.63) is 0 Å². The summed E-state index contributed by atoms with van der Waals surface area (Å²) in [7, 11) is 2.01. The monoisotopic (exact) mass is 227 g/mol. The molecule has 1 unspecified atom stereocenters. The van der Waals surface area contributed by atoms with Gasteiger partial charge in [0.05, 0.1) is 0 Å². The van der Waals surface area contributed by atoms with E-state index in [2.05, 4.69) is 15.5 Å². The molecule has 2 N–H and O–H groups in total. The minimum Gasteiger partial charge on any atom is -0.381 e. The normalized spacial score (nSPS) is 28.9. The van der Waals surface area contributed by atoms with Crippen LogP contribution in [0.15, 0.2) is 0 Å². The fourth-order valence-corrected chi connectivity index (χ4v) is 2.24. The van der Waals surface area contributed by atoms with Gasteiger partial charge in [0.2, 0.25) is 5.91 Å². The number of piperazine rings is 1. The van der Waals surface area contributed by atoms with Gasteiger partial charge in [-0.2, -0.15) is 0 Å². The second-order valence-corrected chi connectivity index (χ2v) is 4.60. The highest BCUT2D eigenvalue weighted by Gasteiger charge is 2.27. The van der Waals surface area contributed by atoms with E-state index < -0.39 is 0 Å². The van der Waals surface area contributed by atoms with Crippen molar-refractivity contribution >= 4 is 5.91 Å². The predicted octanol–water partition coefficient (Wildman–Crippen LogP) is -0.815. The van der Waals surface area contributed by atoms with Crippen LogP contribution in [0.2, 0.25) is 0 Å². The van der Waals surface area contributed by atoms with Crippen molar-refractivity contribution < 1.29 is 9.53 Å². The molecule has 0 aromatic rings. The molecule has 2 heterocycles. The molecule has 5 nitrogen and oxygen atoms in total. The Hall–Kier alpha value is -0.650. The van der Waals surface area contributed by atoms with E-state index in [0.717, 1.165) is 45.7 Å². The Morgan fingerprint density at radius 3 is 2.88 bits per heavy atom. The van der Waals surface area contributed by atoms with Gasteiger partial charge in [-0.25, -0.2) is 0 Å². The number of carbonyl (C=O) groups excluding carboxylic acids is 1. The van der Waals surface area contributed by atoms with E-state index in [-0.39, 0.29) is 11.9 Å². The molecule has 5 heteroatoms. The standard InChI is InChI=1S/C11H21N3O2/c1-14-5-4-12-8-10(14)11(15)13-9-2-6-16-7-3-9/h9-10,12H,2-8H2,1H3,(H,13,15). The molecule has 2 aliphatic heterocycles. The van der Waals surface area contributed by atoms with Gasteiger partial charge in [-0.1, -0.05) is 0 Å². The average Bonchev–Trinajstić information content (AvgIpc) is 2.31. The third kappa shape index (κ3) is 2.93. The van der Waals surface area contributed by atoms with E-state index in [1.807, 2.05) is 7.05 Å². The summed E-state index contributed by atoms with van der Waals surface area (Å²) < 4.78 is 5.27. The van der Waals surface area contributed by atoms with Gasteiger partial charge in [0.1, 0.15) is 6.04 Å². The minimum absolute atomic E-state index is 0.0170. The molecule has 1 amide bonds. The van der Waals surface area contributed by atoms with Crippen molar-refractivity contribution in [2.45, 2.75) is 24.9 Å². The number of nitrogens with zero attached hydrogens (tertiary/aromatic N) is 1. The molecule has 2 saturated heterocycles. The van der Waals surface area contributed by atoms with Crippen LogP contribution in [0.3, 0.4) is 0 Å². The molecule has 0 aliphatic carbocycles. The van der Waals surface area contributed by atoms with E-state index >= 15 is 0 Å². The predicted molar refractivity (Wildman–Crippen MR) is 61.3 cm³/mol. The minimum atomic E-state index is -0.0170. The van der Waals surface area contributed by atoms with Crippen LogP contribution >= 0.6 is 0 Å². The molecule has 92 valence electrons. The van der Waals surface area contributed by atoms with Gasteiger partial charge in [0, 0.05) is 38.9 Å². The highest BCUT2D eigenvalue weighted by molar-refractivity contribution is 5.82. The lowest BCUT2D eigenvalue weighted by molar-refractivity contribution is -0.127. The molecular formula is C11H21N3O2. The zero-order valence-corrected chi connectivity index (χ0v) is 9.87. The van der Waals surface area contributed by atoms with Crippen LogP contribution in [0.4, 0.5) is 0 Å². The first-order valence-corrected chi connectivity index (χ1v) is 6.06. The average molecular weight is 227 g/mol. The zero-order chi connectivity index (χ0) is 11.4. The first-order valence-electron chi connectivity index (χ1n) is 6.06. The fourth-order valence-electron chi connectivity index (χ4n) is 2.24. The van der Waals surface area contributed by atoms with E-state index in [0.29, 0.717) is 6.04 Å². The lowest BCUT2D eigenvalue weighted by Crippen LogP contribution is -2.58. The molecule has 1 atom stereocenters. The van der Waals surface area contributed by atoms with Crippen molar-refractivity contribution in [3.8, 4) is 0 Å². The molecule has 0 aromatic heterocycles. The summed E-state index contributed by atoms with van der Waals surface area (Å²) >= 11 is 0. The van der Waals surface area contributed by atoms with Crippen LogP contribution < -0.4 is 10.6 Å². The highest BCUT2D eigenvalue weighted by atomic mass is 16.5. The number of nitrogens with one attached hydrogen (secondary N) is 2. The van der Waals surface area contributed by atoms with Crippen LogP contribution in [0.5, 0.6) is 0 Å². The van der Waals surface area contributed by atoms with Crippen molar-refractivity contribution in [2.24, 2.45) is 0 Å². The molecule has 2 fully saturated rings. The molecule has 2 aliphatic rings. The van der Waals surface area contributed by atoms with Crippen LogP contribution in [-0.2, 0) is 9.53 Å². The molecule has 2 rings (SSSR count). The van der Waals surface area contributed by atoms with Crippen molar-refractivity contribution in [1.82, 2.24) is 15.5 Å². The van der Waals surface area contributed by atoms with Gasteiger partial charge >= 0.3 is 0 Å². The maximum atomic E-state index is 12.0. The molecular weight excluding hydrogens is 206 g/mol. The van der Waals surface area contributed by atoms with Crippen LogP contribution in [-0.4, -0.2) is 62.8 Å². The second kappa shape index (κ2) is 5.61. The lowest BCUT2D eigenvalue weighted by atomic mass is 10.1. The Morgan fingerprint density at radius 2 is 2.19 bits per heavy atom. The highest BCUT2D eigenvalue weighted by Crippen LogP contribution is 2.08. The van der Waals surface area contributed by atoms with Crippen molar-refractivity contribution in [3.63, 3.8) is 0 Å². The smallest absolute Gasteiger partial charge is 0.238 e. The molecule has 16 heavy (non-hydrogen) atoms. The van der Waals surface area contributed by atoms with E-state index in [1.165, 1.54) is 0 Å². The number of likely N-dealkylation sites (N-methyl/N-ethyl adjacent to an activating group) is 1. The van der Waals surface area contributed by atoms with Gasteiger partial charge in [0.25, 0.3) is 0 Å². The maximum Gasteiger partial charge on any atom is 0.238 e. The van der Waals surface area contributed by atoms with Gasteiger partial charge < -0.3 is 15.4 Å². The van der Waals surface area contributed by atoms with E-state index in [4.69, 9.17) is 4.74 Å². The Morgan fingerprint density at radius 1 is 1.44 bits per heavy atom. The summed E-state index contributed by atoms with van der Waals surface area (Å²) in [4.78, 5) is 14.2. The van der Waals surface area contributed by atoms with E-state index in [9.17, 15) is 4.79 Å². The van der Waals surface area contributed by atoms with Crippen LogP contribution in [0.25, 0.3) is 0 Å². The first-order chi connectivity index (χ1) is 7.77. The van der Waals surface area contributed by atoms with Crippen molar-refractivity contribution in [1.29, 1.82) is 0 Å². The molecule has 0 spiro atoms. The Bertz CT molecular complexity index is 241. The number of hydrogen-bond donors (Lipinski definition) is 2. The summed E-state index contributed by atoms with van der Waals surface area (Å²) in [6, 6.07) is 0.285. The Kier molecular flexibility index (Phi) is 4.15. The van der Waals surface area contributed by atoms with Gasteiger partial charge in [-0.3, -0.25) is 9.69 Å². The summed E-state index contributed by atoms with van der Waals surface area (Å²) in [5.74, 6) is 0.154. The third-order valence-corrected chi connectivity index (χ3v) is 3.38. The first kappa shape index (κ1) is 11.8. The molecule has 0 aromatic carbocycles. The number of rotatable bonds is 2. The third-order valence-electron chi connectivity index (χ3n) is 3.38. The largest absolute Gasteiger partial charge is 0.381 e. The topological polar surface area (TPSA) is 53.6 Å². The molecule has 0 saturated carbocycles. The summed E-state index contributed by atoms with van der Waals surface area (Å²) in [5.41, 5.74) is 0.